The smallest absolute Gasteiger partial charge is 0.00201 e. The molecule has 200 valence electrons. The van der Waals surface area contributed by atoms with Gasteiger partial charge in [-0.25, -0.2) is 0 Å². The lowest BCUT2D eigenvalue weighted by atomic mass is 9.84. The van der Waals surface area contributed by atoms with Crippen molar-refractivity contribution in [2.75, 3.05) is 0 Å². The van der Waals surface area contributed by atoms with E-state index in [0.717, 1.165) is 6.42 Å². The maximum atomic E-state index is 2.42. The molecule has 8 aromatic carbocycles. The van der Waals surface area contributed by atoms with Gasteiger partial charge in [0.25, 0.3) is 0 Å². The van der Waals surface area contributed by atoms with Gasteiger partial charge in [0.1, 0.15) is 0 Å². The molecule has 0 aliphatic rings. The van der Waals surface area contributed by atoms with Gasteiger partial charge in [-0.05, 0) is 101 Å². The van der Waals surface area contributed by atoms with Gasteiger partial charge in [-0.2, -0.15) is 0 Å². The summed E-state index contributed by atoms with van der Waals surface area (Å²) < 4.78 is 0. The molecule has 0 aliphatic carbocycles. The maximum absolute atomic E-state index is 2.42. The highest BCUT2D eigenvalue weighted by molar-refractivity contribution is 6.25. The van der Waals surface area contributed by atoms with Gasteiger partial charge in [-0.15, -0.1) is 0 Å². The summed E-state index contributed by atoms with van der Waals surface area (Å²) in [5, 5.41) is 13.3. The third kappa shape index (κ3) is 3.83. The van der Waals surface area contributed by atoms with Crippen LogP contribution in [0.5, 0.6) is 0 Å². The molecule has 0 radical (unpaired) electrons. The third-order valence-electron chi connectivity index (χ3n) is 9.06. The van der Waals surface area contributed by atoms with Crippen LogP contribution in [0.15, 0.2) is 140 Å². The van der Waals surface area contributed by atoms with E-state index in [-0.39, 0.29) is 0 Å². The Morgan fingerprint density at radius 1 is 0.405 bits per heavy atom. The molecule has 0 saturated carbocycles. The van der Waals surface area contributed by atoms with E-state index in [0.29, 0.717) is 0 Å². The van der Waals surface area contributed by atoms with E-state index in [9.17, 15) is 0 Å². The van der Waals surface area contributed by atoms with Gasteiger partial charge in [-0.3, -0.25) is 0 Å². The van der Waals surface area contributed by atoms with Crippen molar-refractivity contribution in [3.05, 3.63) is 145 Å². The van der Waals surface area contributed by atoms with Crippen LogP contribution in [0.1, 0.15) is 25.3 Å². The van der Waals surface area contributed by atoms with Gasteiger partial charge in [0.2, 0.25) is 0 Å². The molecule has 0 nitrogen and oxygen atoms in total. The monoisotopic (exact) mass is 536 g/mol. The van der Waals surface area contributed by atoms with Crippen molar-refractivity contribution in [2.24, 2.45) is 0 Å². The van der Waals surface area contributed by atoms with Crippen molar-refractivity contribution in [1.29, 1.82) is 0 Å². The minimum Gasteiger partial charge on any atom is -0.0654 e. The molecule has 0 heteroatoms. The molecule has 42 heavy (non-hydrogen) atoms. The Hall–Kier alpha value is -4.94. The second kappa shape index (κ2) is 10.2. The zero-order valence-corrected chi connectivity index (χ0v) is 23.9. The number of hydrogen-bond acceptors (Lipinski definition) is 0. The highest BCUT2D eigenvalue weighted by atomic mass is 14.2. The van der Waals surface area contributed by atoms with Crippen LogP contribution in [0, 0.1) is 0 Å². The summed E-state index contributed by atoms with van der Waals surface area (Å²) in [6.07, 6.45) is 3.50. The Morgan fingerprint density at radius 3 is 1.67 bits per heavy atom. The van der Waals surface area contributed by atoms with E-state index < -0.39 is 0 Å². The Morgan fingerprint density at radius 2 is 0.976 bits per heavy atom. The fraction of sp³-hybridized carbons (Fsp3) is 0.0952. The van der Waals surface area contributed by atoms with Crippen molar-refractivity contribution in [2.45, 2.75) is 26.2 Å². The summed E-state index contributed by atoms with van der Waals surface area (Å²) >= 11 is 0. The summed E-state index contributed by atoms with van der Waals surface area (Å²) in [5.41, 5.74) is 6.66. The first kappa shape index (κ1) is 24.8. The highest BCUT2D eigenvalue weighted by Crippen LogP contribution is 2.46. The standard InChI is InChI=1S/C42H32/c1-2-3-17-31-30-18-8-7-16-29(30)27-40-32-23-13-24-35(33(32)25-26-34(31)40)42-38-21-11-9-19-36(38)41(28-14-5-4-6-15-28)37-20-10-12-22-39(37)42/h4-16,18-27H,2-3,17H2,1H3. The van der Waals surface area contributed by atoms with Crippen LogP contribution in [0.4, 0.5) is 0 Å². The molecule has 0 bridgehead atoms. The van der Waals surface area contributed by atoms with Gasteiger partial charge >= 0.3 is 0 Å². The molecule has 0 heterocycles. The predicted molar refractivity (Wildman–Crippen MR) is 183 cm³/mol. The first-order valence-corrected chi connectivity index (χ1v) is 15.2. The molecule has 0 aliphatic heterocycles. The molecular weight excluding hydrogens is 504 g/mol. The van der Waals surface area contributed by atoms with Crippen LogP contribution in [-0.2, 0) is 6.42 Å². The number of hydrogen-bond donors (Lipinski definition) is 0. The van der Waals surface area contributed by atoms with E-state index >= 15 is 0 Å². The van der Waals surface area contributed by atoms with Crippen molar-refractivity contribution >= 4 is 53.9 Å². The molecule has 8 aromatic rings. The first-order valence-electron chi connectivity index (χ1n) is 15.2. The molecule has 0 N–H and O–H groups in total. The van der Waals surface area contributed by atoms with Crippen LogP contribution in [-0.4, -0.2) is 0 Å². The van der Waals surface area contributed by atoms with Crippen molar-refractivity contribution in [1.82, 2.24) is 0 Å². The van der Waals surface area contributed by atoms with E-state index in [1.165, 1.54) is 94.5 Å². The van der Waals surface area contributed by atoms with E-state index in [1.54, 1.807) is 0 Å². The molecule has 0 aromatic heterocycles. The fourth-order valence-electron chi connectivity index (χ4n) is 7.17. The minimum absolute atomic E-state index is 1.11. The Kier molecular flexibility index (Phi) is 6.00. The van der Waals surface area contributed by atoms with Crippen LogP contribution in [0.25, 0.3) is 76.1 Å². The van der Waals surface area contributed by atoms with E-state index in [4.69, 9.17) is 0 Å². The topological polar surface area (TPSA) is 0 Å². The number of benzene rings is 8. The van der Waals surface area contributed by atoms with Crippen LogP contribution in [0.3, 0.4) is 0 Å². The fourth-order valence-corrected chi connectivity index (χ4v) is 7.17. The molecule has 0 unspecified atom stereocenters. The van der Waals surface area contributed by atoms with Crippen molar-refractivity contribution in [3.63, 3.8) is 0 Å². The van der Waals surface area contributed by atoms with Gasteiger partial charge in [0.05, 0.1) is 0 Å². The number of fused-ring (bicyclic) bond motifs is 6. The molecule has 0 spiro atoms. The summed E-state index contributed by atoms with van der Waals surface area (Å²) in [6.45, 7) is 2.28. The van der Waals surface area contributed by atoms with E-state index in [1.807, 2.05) is 0 Å². The average molecular weight is 537 g/mol. The molecule has 0 saturated heterocycles. The van der Waals surface area contributed by atoms with Crippen LogP contribution in [0.2, 0.25) is 0 Å². The van der Waals surface area contributed by atoms with Crippen molar-refractivity contribution < 1.29 is 0 Å². The van der Waals surface area contributed by atoms with E-state index in [2.05, 4.69) is 146 Å². The average Bonchev–Trinajstić information content (AvgIpc) is 3.05. The zero-order chi connectivity index (χ0) is 28.0. The molecule has 0 fully saturated rings. The lowest BCUT2D eigenvalue weighted by Gasteiger charge is -2.19. The van der Waals surface area contributed by atoms with Crippen molar-refractivity contribution in [3.8, 4) is 22.3 Å². The second-order valence-electron chi connectivity index (χ2n) is 11.4. The second-order valence-corrected chi connectivity index (χ2v) is 11.4. The van der Waals surface area contributed by atoms with Crippen LogP contribution < -0.4 is 0 Å². The largest absolute Gasteiger partial charge is 0.0654 e. The zero-order valence-electron chi connectivity index (χ0n) is 23.9. The molecule has 0 amide bonds. The van der Waals surface area contributed by atoms with Gasteiger partial charge < -0.3 is 0 Å². The highest BCUT2D eigenvalue weighted by Gasteiger charge is 2.18. The van der Waals surface area contributed by atoms with Crippen LogP contribution >= 0.6 is 0 Å². The Balaban J connectivity index is 1.49. The predicted octanol–water partition coefficient (Wildman–Crippen LogP) is 12.1. The number of rotatable bonds is 5. The number of aryl methyl sites for hydroxylation is 1. The molecule has 0 atom stereocenters. The van der Waals surface area contributed by atoms with Gasteiger partial charge in [0.15, 0.2) is 0 Å². The summed E-state index contributed by atoms with van der Waals surface area (Å²) in [5.74, 6) is 0. The maximum Gasteiger partial charge on any atom is -0.00201 e. The SMILES string of the molecule is CCCCc1c2ccccc2cc2c1ccc1c(-c3c4ccccc4c(-c4ccccc4)c4ccccc34)cccc12. The lowest BCUT2D eigenvalue weighted by molar-refractivity contribution is 0.802. The summed E-state index contributed by atoms with van der Waals surface area (Å²) in [7, 11) is 0. The normalized spacial score (nSPS) is 11.7. The Labute approximate surface area is 246 Å². The Bertz CT molecular complexity index is 2210. The summed E-state index contributed by atoms with van der Waals surface area (Å²) in [6, 6.07) is 51.8. The number of unbranched alkanes of at least 4 members (excludes halogenated alkanes) is 1. The molecule has 8 rings (SSSR count). The lowest BCUT2D eigenvalue weighted by Crippen LogP contribution is -1.93. The van der Waals surface area contributed by atoms with Gasteiger partial charge in [0, 0.05) is 0 Å². The first-order chi connectivity index (χ1) is 20.8. The van der Waals surface area contributed by atoms with Gasteiger partial charge in [-0.1, -0.05) is 147 Å². The third-order valence-corrected chi connectivity index (χ3v) is 9.06. The molecular formula is C42H32. The minimum atomic E-state index is 1.11. The quantitative estimate of drug-likeness (QED) is 0.152. The summed E-state index contributed by atoms with van der Waals surface area (Å²) in [4.78, 5) is 0.